The molecule has 0 saturated carbocycles. The van der Waals surface area contributed by atoms with E-state index in [4.69, 9.17) is 0 Å². The lowest BCUT2D eigenvalue weighted by molar-refractivity contribution is -0.132. The van der Waals surface area contributed by atoms with Crippen LogP contribution in [0.5, 0.6) is 0 Å². The number of rotatable bonds is 4. The lowest BCUT2D eigenvalue weighted by Gasteiger charge is -2.32. The molecule has 1 aromatic carbocycles. The minimum absolute atomic E-state index is 0. The van der Waals surface area contributed by atoms with Crippen LogP contribution in [0.1, 0.15) is 24.3 Å². The maximum atomic E-state index is 12.4. The molecule has 1 amide bonds. The molecule has 8 heteroatoms. The second kappa shape index (κ2) is 9.92. The van der Waals surface area contributed by atoms with E-state index in [0.29, 0.717) is 12.5 Å². The van der Waals surface area contributed by atoms with Crippen LogP contribution in [-0.2, 0) is 11.2 Å². The summed E-state index contributed by atoms with van der Waals surface area (Å²) in [5.74, 6) is 0.250. The molecule has 3 rings (SSSR count). The van der Waals surface area contributed by atoms with E-state index >= 15 is 0 Å². The van der Waals surface area contributed by atoms with Gasteiger partial charge in [0.25, 0.3) is 0 Å². The van der Waals surface area contributed by atoms with Gasteiger partial charge in [-0.1, -0.05) is 15.9 Å². The highest BCUT2D eigenvalue weighted by atomic mass is 79.9. The van der Waals surface area contributed by atoms with Crippen LogP contribution >= 0.6 is 52.1 Å². The van der Waals surface area contributed by atoms with Crippen molar-refractivity contribution in [2.75, 3.05) is 20.1 Å². The van der Waals surface area contributed by atoms with Gasteiger partial charge in [-0.3, -0.25) is 4.79 Å². The van der Waals surface area contributed by atoms with E-state index in [1.165, 1.54) is 4.70 Å². The molecule has 134 valence electrons. The molecular weight excluding hydrogens is 433 g/mol. The summed E-state index contributed by atoms with van der Waals surface area (Å²) >= 11 is 5.15. The standard InChI is InChI=1S/C16H20BrN3OS.2ClH/c1-18-12-3-2-8-20(10-12)16(21)7-6-15-19-13-9-11(17)4-5-14(13)22-15;;/h4-5,9,12,18H,2-3,6-8,10H2,1H3;2*1H. The van der Waals surface area contributed by atoms with Gasteiger partial charge in [-0.2, -0.15) is 0 Å². The second-order valence-electron chi connectivity index (χ2n) is 5.69. The van der Waals surface area contributed by atoms with Crippen LogP contribution in [0.2, 0.25) is 0 Å². The van der Waals surface area contributed by atoms with Crippen molar-refractivity contribution in [2.45, 2.75) is 31.7 Å². The largest absolute Gasteiger partial charge is 0.341 e. The first-order chi connectivity index (χ1) is 10.7. The predicted molar refractivity (Wildman–Crippen MR) is 109 cm³/mol. The average Bonchev–Trinajstić information content (AvgIpc) is 2.94. The molecule has 2 heterocycles. The first kappa shape index (κ1) is 21.6. The number of benzene rings is 1. The molecule has 1 aromatic heterocycles. The number of likely N-dealkylation sites (tertiary alicyclic amines) is 1. The number of nitrogens with one attached hydrogen (secondary N) is 1. The third-order valence-electron chi connectivity index (χ3n) is 4.13. The number of aryl methyl sites for hydroxylation is 1. The number of hydrogen-bond acceptors (Lipinski definition) is 4. The van der Waals surface area contributed by atoms with Gasteiger partial charge in [0.2, 0.25) is 5.91 Å². The zero-order valence-corrected chi connectivity index (χ0v) is 17.5. The number of carbonyl (C=O) groups is 1. The average molecular weight is 455 g/mol. The van der Waals surface area contributed by atoms with Crippen LogP contribution < -0.4 is 5.32 Å². The fourth-order valence-electron chi connectivity index (χ4n) is 2.87. The Morgan fingerprint density at radius 1 is 1.46 bits per heavy atom. The number of fused-ring (bicyclic) bond motifs is 1. The van der Waals surface area contributed by atoms with E-state index < -0.39 is 0 Å². The first-order valence-electron chi connectivity index (χ1n) is 7.65. The van der Waals surface area contributed by atoms with Crippen LogP contribution in [0.4, 0.5) is 0 Å². The van der Waals surface area contributed by atoms with Crippen molar-refractivity contribution in [2.24, 2.45) is 0 Å². The molecule has 0 spiro atoms. The topological polar surface area (TPSA) is 45.2 Å². The van der Waals surface area contributed by atoms with Crippen LogP contribution in [0, 0.1) is 0 Å². The predicted octanol–water partition coefficient (Wildman–Crippen LogP) is 4.05. The molecule has 1 unspecified atom stereocenters. The summed E-state index contributed by atoms with van der Waals surface area (Å²) in [4.78, 5) is 19.0. The Morgan fingerprint density at radius 2 is 2.25 bits per heavy atom. The molecule has 1 N–H and O–H groups in total. The number of hydrogen-bond donors (Lipinski definition) is 1. The maximum absolute atomic E-state index is 12.4. The molecule has 4 nitrogen and oxygen atoms in total. The summed E-state index contributed by atoms with van der Waals surface area (Å²) in [5, 5.41) is 4.32. The quantitative estimate of drug-likeness (QED) is 0.757. The Labute approximate surface area is 167 Å². The van der Waals surface area contributed by atoms with E-state index in [9.17, 15) is 4.79 Å². The third-order valence-corrected chi connectivity index (χ3v) is 5.72. The molecule has 1 fully saturated rings. The van der Waals surface area contributed by atoms with E-state index in [1.807, 2.05) is 24.1 Å². The molecule has 1 aliphatic heterocycles. The third kappa shape index (κ3) is 5.30. The molecule has 1 saturated heterocycles. The number of thiazole rings is 1. The molecule has 0 aliphatic carbocycles. The van der Waals surface area contributed by atoms with Crippen LogP contribution in [0.15, 0.2) is 22.7 Å². The molecule has 1 aliphatic rings. The highest BCUT2D eigenvalue weighted by molar-refractivity contribution is 9.10. The number of carbonyl (C=O) groups excluding carboxylic acids is 1. The van der Waals surface area contributed by atoms with E-state index in [1.54, 1.807) is 11.3 Å². The van der Waals surface area contributed by atoms with Crippen LogP contribution in [0.3, 0.4) is 0 Å². The van der Waals surface area contributed by atoms with Crippen molar-refractivity contribution in [1.29, 1.82) is 0 Å². The van der Waals surface area contributed by atoms with E-state index in [2.05, 4.69) is 32.3 Å². The zero-order chi connectivity index (χ0) is 15.5. The molecule has 0 radical (unpaired) electrons. The van der Waals surface area contributed by atoms with Crippen molar-refractivity contribution in [3.05, 3.63) is 27.7 Å². The van der Waals surface area contributed by atoms with Gasteiger partial charge in [0.05, 0.1) is 15.2 Å². The van der Waals surface area contributed by atoms with Gasteiger partial charge in [-0.05, 0) is 38.1 Å². The Bertz CT molecular complexity index is 682. The van der Waals surface area contributed by atoms with Gasteiger partial charge < -0.3 is 10.2 Å². The molecule has 0 bridgehead atoms. The minimum Gasteiger partial charge on any atom is -0.341 e. The zero-order valence-electron chi connectivity index (χ0n) is 13.5. The Morgan fingerprint density at radius 3 is 3.00 bits per heavy atom. The monoisotopic (exact) mass is 453 g/mol. The number of nitrogens with zero attached hydrogens (tertiary/aromatic N) is 2. The normalized spacial score (nSPS) is 17.2. The fraction of sp³-hybridized carbons (Fsp3) is 0.500. The van der Waals surface area contributed by atoms with Crippen LogP contribution in [0.25, 0.3) is 10.2 Å². The first-order valence-corrected chi connectivity index (χ1v) is 9.26. The highest BCUT2D eigenvalue weighted by Gasteiger charge is 2.22. The highest BCUT2D eigenvalue weighted by Crippen LogP contribution is 2.26. The number of aromatic nitrogens is 1. The summed E-state index contributed by atoms with van der Waals surface area (Å²) in [6, 6.07) is 6.57. The molecule has 1 atom stereocenters. The van der Waals surface area contributed by atoms with Gasteiger partial charge in [0, 0.05) is 36.4 Å². The van der Waals surface area contributed by atoms with Gasteiger partial charge in [0.1, 0.15) is 0 Å². The van der Waals surface area contributed by atoms with Crippen molar-refractivity contribution < 1.29 is 4.79 Å². The molecule has 24 heavy (non-hydrogen) atoms. The maximum Gasteiger partial charge on any atom is 0.223 e. The Kier molecular flexibility index (Phi) is 8.95. The lowest BCUT2D eigenvalue weighted by Crippen LogP contribution is -2.47. The number of piperidine rings is 1. The summed E-state index contributed by atoms with van der Waals surface area (Å²) in [6.07, 6.45) is 3.54. The second-order valence-corrected chi connectivity index (χ2v) is 7.72. The number of halogens is 3. The van der Waals surface area contributed by atoms with Gasteiger partial charge in [0.15, 0.2) is 0 Å². The number of amides is 1. The summed E-state index contributed by atoms with van der Waals surface area (Å²) in [5.41, 5.74) is 1.01. The fourth-order valence-corrected chi connectivity index (χ4v) is 4.16. The van der Waals surface area contributed by atoms with E-state index in [-0.39, 0.29) is 30.7 Å². The van der Waals surface area contributed by atoms with Crippen molar-refractivity contribution >= 4 is 68.2 Å². The Balaban J connectivity index is 0.00000144. The Hall–Kier alpha value is -0.400. The summed E-state index contributed by atoms with van der Waals surface area (Å²) in [6.45, 7) is 1.73. The van der Waals surface area contributed by atoms with Crippen LogP contribution in [-0.4, -0.2) is 42.0 Å². The van der Waals surface area contributed by atoms with Crippen molar-refractivity contribution in [3.8, 4) is 0 Å². The van der Waals surface area contributed by atoms with E-state index in [0.717, 1.165) is 47.3 Å². The molecule has 2 aromatic rings. The van der Waals surface area contributed by atoms with Gasteiger partial charge in [-0.15, -0.1) is 36.2 Å². The SMILES string of the molecule is CNC1CCCN(C(=O)CCc2nc3cc(Br)ccc3s2)C1.Cl.Cl. The molecular formula is C16H22BrCl2N3OS. The van der Waals surface area contributed by atoms with Gasteiger partial charge >= 0.3 is 0 Å². The smallest absolute Gasteiger partial charge is 0.223 e. The van der Waals surface area contributed by atoms with Crippen molar-refractivity contribution in [1.82, 2.24) is 15.2 Å². The van der Waals surface area contributed by atoms with Crippen molar-refractivity contribution in [3.63, 3.8) is 0 Å². The number of likely N-dealkylation sites (N-methyl/N-ethyl adjacent to an activating group) is 1. The lowest BCUT2D eigenvalue weighted by atomic mass is 10.1. The summed E-state index contributed by atoms with van der Waals surface area (Å²) in [7, 11) is 1.97. The minimum atomic E-state index is 0. The van der Waals surface area contributed by atoms with Gasteiger partial charge in [-0.25, -0.2) is 4.98 Å². The summed E-state index contributed by atoms with van der Waals surface area (Å²) < 4.78 is 2.22.